The maximum absolute atomic E-state index is 12.8. The van der Waals surface area contributed by atoms with Crippen molar-refractivity contribution in [2.75, 3.05) is 37.9 Å². The molecular formula is C19H20N6O4. The Bertz CT molecular complexity index is 1050. The molecule has 0 saturated carbocycles. The standard InChI is InChI=1S/C19H20N6O4/c1-13(29-14-2-3-15-16(10-14)28-12-27-15)19(26)24-8-6-23(7-9-24)18-5-4-17-21-20-11-25(17)22-18/h2-5,10-11,13H,6-9,12H2,1H3/t13-/m0/s1. The van der Waals surface area contributed by atoms with Crippen molar-refractivity contribution in [3.8, 4) is 17.2 Å². The van der Waals surface area contributed by atoms with Gasteiger partial charge in [-0.2, -0.15) is 4.52 Å². The first-order chi connectivity index (χ1) is 14.2. The first-order valence-electron chi connectivity index (χ1n) is 9.44. The molecule has 4 heterocycles. The van der Waals surface area contributed by atoms with Gasteiger partial charge in [0.1, 0.15) is 17.9 Å². The Morgan fingerprint density at radius 1 is 1.10 bits per heavy atom. The van der Waals surface area contributed by atoms with Gasteiger partial charge in [-0.15, -0.1) is 15.3 Å². The summed E-state index contributed by atoms with van der Waals surface area (Å²) in [6.45, 7) is 4.58. The van der Waals surface area contributed by atoms with Crippen LogP contribution in [0, 0.1) is 0 Å². The fraction of sp³-hybridized carbons (Fsp3) is 0.368. The molecule has 0 spiro atoms. The third kappa shape index (κ3) is 3.37. The van der Waals surface area contributed by atoms with Crippen LogP contribution in [-0.4, -0.2) is 69.7 Å². The summed E-state index contributed by atoms with van der Waals surface area (Å²) < 4.78 is 18.1. The van der Waals surface area contributed by atoms with Crippen molar-refractivity contribution in [3.63, 3.8) is 0 Å². The molecule has 1 aromatic carbocycles. The number of anilines is 1. The van der Waals surface area contributed by atoms with Gasteiger partial charge in [-0.1, -0.05) is 0 Å². The number of ether oxygens (including phenoxy) is 3. The Morgan fingerprint density at radius 2 is 1.93 bits per heavy atom. The third-order valence-electron chi connectivity index (χ3n) is 5.07. The van der Waals surface area contributed by atoms with Crippen LogP contribution in [0.5, 0.6) is 17.2 Å². The molecular weight excluding hydrogens is 376 g/mol. The summed E-state index contributed by atoms with van der Waals surface area (Å²) in [7, 11) is 0. The minimum absolute atomic E-state index is 0.0375. The maximum Gasteiger partial charge on any atom is 0.263 e. The highest BCUT2D eigenvalue weighted by atomic mass is 16.7. The van der Waals surface area contributed by atoms with E-state index in [0.717, 1.165) is 5.82 Å². The van der Waals surface area contributed by atoms with Crippen LogP contribution in [-0.2, 0) is 4.79 Å². The molecule has 10 nitrogen and oxygen atoms in total. The van der Waals surface area contributed by atoms with E-state index >= 15 is 0 Å². The Kier molecular flexibility index (Phi) is 4.30. The average Bonchev–Trinajstić information content (AvgIpc) is 3.41. The molecule has 1 saturated heterocycles. The molecule has 10 heteroatoms. The Morgan fingerprint density at radius 3 is 2.79 bits per heavy atom. The number of amides is 1. The molecule has 2 aliphatic rings. The van der Waals surface area contributed by atoms with Gasteiger partial charge in [-0.3, -0.25) is 4.79 Å². The zero-order valence-electron chi connectivity index (χ0n) is 15.9. The van der Waals surface area contributed by atoms with Crippen LogP contribution in [0.25, 0.3) is 5.65 Å². The number of fused-ring (bicyclic) bond motifs is 2. The SMILES string of the molecule is C[C@H](Oc1ccc2c(c1)OCO2)C(=O)N1CCN(c2ccc3nncn3n2)CC1. The largest absolute Gasteiger partial charge is 0.481 e. The summed E-state index contributed by atoms with van der Waals surface area (Å²) in [5.41, 5.74) is 0.706. The monoisotopic (exact) mass is 396 g/mol. The molecule has 5 rings (SSSR count). The van der Waals surface area contributed by atoms with Crippen LogP contribution in [0.1, 0.15) is 6.92 Å². The quantitative estimate of drug-likeness (QED) is 0.644. The van der Waals surface area contributed by atoms with Crippen molar-refractivity contribution >= 4 is 17.4 Å². The van der Waals surface area contributed by atoms with E-state index in [4.69, 9.17) is 14.2 Å². The molecule has 150 valence electrons. The summed E-state index contributed by atoms with van der Waals surface area (Å²) in [4.78, 5) is 16.8. The molecule has 2 aromatic heterocycles. The topological polar surface area (TPSA) is 94.3 Å². The Labute approximate surface area is 166 Å². The number of rotatable bonds is 4. The maximum atomic E-state index is 12.8. The molecule has 0 aliphatic carbocycles. The van der Waals surface area contributed by atoms with Gasteiger partial charge < -0.3 is 24.0 Å². The van der Waals surface area contributed by atoms with Crippen molar-refractivity contribution in [1.29, 1.82) is 0 Å². The van der Waals surface area contributed by atoms with Gasteiger partial charge in [-0.25, -0.2) is 0 Å². The van der Waals surface area contributed by atoms with Crippen molar-refractivity contribution < 1.29 is 19.0 Å². The summed E-state index contributed by atoms with van der Waals surface area (Å²) in [5.74, 6) is 2.71. The first kappa shape index (κ1) is 17.5. The molecule has 1 atom stereocenters. The van der Waals surface area contributed by atoms with Crippen molar-refractivity contribution in [1.82, 2.24) is 24.7 Å². The molecule has 2 aliphatic heterocycles. The fourth-order valence-corrected chi connectivity index (χ4v) is 3.50. The van der Waals surface area contributed by atoms with Gasteiger partial charge in [0.15, 0.2) is 23.3 Å². The number of carbonyl (C=O) groups is 1. The van der Waals surface area contributed by atoms with E-state index in [1.54, 1.807) is 36.0 Å². The van der Waals surface area contributed by atoms with Gasteiger partial charge in [0.05, 0.1) is 0 Å². The molecule has 0 radical (unpaired) electrons. The number of hydrogen-bond acceptors (Lipinski definition) is 8. The number of nitrogens with zero attached hydrogens (tertiary/aromatic N) is 6. The lowest BCUT2D eigenvalue weighted by atomic mass is 10.2. The lowest BCUT2D eigenvalue weighted by molar-refractivity contribution is -0.138. The molecule has 1 fully saturated rings. The molecule has 1 amide bonds. The average molecular weight is 396 g/mol. The smallest absolute Gasteiger partial charge is 0.263 e. The number of aromatic nitrogens is 4. The van der Waals surface area contributed by atoms with E-state index < -0.39 is 6.10 Å². The minimum Gasteiger partial charge on any atom is -0.481 e. The highest BCUT2D eigenvalue weighted by Crippen LogP contribution is 2.35. The van der Waals surface area contributed by atoms with Crippen LogP contribution in [0.2, 0.25) is 0 Å². The molecule has 29 heavy (non-hydrogen) atoms. The van der Waals surface area contributed by atoms with E-state index in [9.17, 15) is 4.79 Å². The van der Waals surface area contributed by atoms with Crippen molar-refractivity contribution in [2.24, 2.45) is 0 Å². The van der Waals surface area contributed by atoms with Crippen LogP contribution in [0.3, 0.4) is 0 Å². The summed E-state index contributed by atoms with van der Waals surface area (Å²) >= 11 is 0. The van der Waals surface area contributed by atoms with E-state index in [-0.39, 0.29) is 12.7 Å². The predicted octanol–water partition coefficient (Wildman–Crippen LogP) is 0.969. The number of carbonyl (C=O) groups excluding carboxylic acids is 1. The molecule has 0 unspecified atom stereocenters. The second kappa shape index (κ2) is 7.12. The third-order valence-corrected chi connectivity index (χ3v) is 5.07. The van der Waals surface area contributed by atoms with E-state index in [1.807, 2.05) is 17.0 Å². The summed E-state index contributed by atoms with van der Waals surface area (Å²) in [6, 6.07) is 9.12. The number of hydrogen-bond donors (Lipinski definition) is 0. The molecule has 0 bridgehead atoms. The van der Waals surface area contributed by atoms with E-state index in [0.29, 0.717) is 49.1 Å². The normalized spacial score (nSPS) is 16.9. The van der Waals surface area contributed by atoms with Crippen LogP contribution in [0.15, 0.2) is 36.7 Å². The summed E-state index contributed by atoms with van der Waals surface area (Å²) in [6.07, 6.45) is 0.988. The minimum atomic E-state index is -0.589. The lowest BCUT2D eigenvalue weighted by Crippen LogP contribution is -2.52. The molecule has 3 aromatic rings. The van der Waals surface area contributed by atoms with Gasteiger partial charge in [0, 0.05) is 32.2 Å². The lowest BCUT2D eigenvalue weighted by Gasteiger charge is -2.36. The van der Waals surface area contributed by atoms with Crippen LogP contribution in [0.4, 0.5) is 5.82 Å². The fourth-order valence-electron chi connectivity index (χ4n) is 3.50. The van der Waals surface area contributed by atoms with Gasteiger partial charge in [0.2, 0.25) is 6.79 Å². The van der Waals surface area contributed by atoms with Crippen LogP contribution < -0.4 is 19.1 Å². The van der Waals surface area contributed by atoms with Crippen molar-refractivity contribution in [2.45, 2.75) is 13.0 Å². The second-order valence-corrected chi connectivity index (χ2v) is 6.91. The van der Waals surface area contributed by atoms with Gasteiger partial charge >= 0.3 is 0 Å². The van der Waals surface area contributed by atoms with Gasteiger partial charge in [0.25, 0.3) is 5.91 Å². The predicted molar refractivity (Wildman–Crippen MR) is 102 cm³/mol. The zero-order chi connectivity index (χ0) is 19.8. The second-order valence-electron chi connectivity index (χ2n) is 6.91. The van der Waals surface area contributed by atoms with Gasteiger partial charge in [-0.05, 0) is 31.2 Å². The van der Waals surface area contributed by atoms with Crippen molar-refractivity contribution in [3.05, 3.63) is 36.7 Å². The highest BCUT2D eigenvalue weighted by molar-refractivity contribution is 5.81. The highest BCUT2D eigenvalue weighted by Gasteiger charge is 2.27. The number of piperazine rings is 1. The molecule has 0 N–H and O–H groups in total. The number of benzene rings is 1. The van der Waals surface area contributed by atoms with E-state index in [1.165, 1.54) is 0 Å². The zero-order valence-corrected chi connectivity index (χ0v) is 15.9. The Hall–Kier alpha value is -3.56. The Balaban J connectivity index is 1.19. The summed E-state index contributed by atoms with van der Waals surface area (Å²) in [5, 5.41) is 12.3. The van der Waals surface area contributed by atoms with E-state index in [2.05, 4.69) is 20.2 Å². The first-order valence-corrected chi connectivity index (χ1v) is 9.44. The van der Waals surface area contributed by atoms with Crippen LogP contribution >= 0.6 is 0 Å².